The number of aromatic nitrogens is 3. The number of rotatable bonds is 5. The van der Waals surface area contributed by atoms with Crippen LogP contribution in [0.5, 0.6) is 5.75 Å². The van der Waals surface area contributed by atoms with Crippen LogP contribution in [0.1, 0.15) is 5.56 Å². The van der Waals surface area contributed by atoms with E-state index in [1.54, 1.807) is 17.9 Å². The first-order chi connectivity index (χ1) is 15.7. The highest BCUT2D eigenvalue weighted by molar-refractivity contribution is 5.77. The molecule has 1 aliphatic heterocycles. The Labute approximate surface area is 186 Å². The molecular formula is C25H25N5O2. The van der Waals surface area contributed by atoms with Gasteiger partial charge in [-0.1, -0.05) is 30.3 Å². The summed E-state index contributed by atoms with van der Waals surface area (Å²) in [6.45, 7) is 3.94. The number of pyridine rings is 1. The summed E-state index contributed by atoms with van der Waals surface area (Å²) in [7, 11) is 1.68. The van der Waals surface area contributed by atoms with E-state index < -0.39 is 0 Å². The molecule has 0 bridgehead atoms. The van der Waals surface area contributed by atoms with Crippen LogP contribution in [0.2, 0.25) is 0 Å². The van der Waals surface area contributed by atoms with Gasteiger partial charge in [0.25, 0.3) is 5.56 Å². The van der Waals surface area contributed by atoms with E-state index >= 15 is 0 Å². The molecule has 32 heavy (non-hydrogen) atoms. The summed E-state index contributed by atoms with van der Waals surface area (Å²) in [6, 6.07) is 20.0. The van der Waals surface area contributed by atoms with Gasteiger partial charge < -0.3 is 19.1 Å². The average Bonchev–Trinajstić information content (AvgIpc) is 2.86. The molecule has 0 unspecified atom stereocenters. The van der Waals surface area contributed by atoms with Crippen molar-refractivity contribution in [2.75, 3.05) is 43.1 Å². The Morgan fingerprint density at radius 1 is 0.906 bits per heavy atom. The van der Waals surface area contributed by atoms with E-state index in [1.165, 1.54) is 5.69 Å². The number of piperazine rings is 1. The minimum Gasteiger partial charge on any atom is -0.497 e. The Hall–Kier alpha value is -3.87. The van der Waals surface area contributed by atoms with E-state index in [9.17, 15) is 4.79 Å². The number of anilines is 2. The lowest BCUT2D eigenvalue weighted by atomic mass is 10.2. The maximum absolute atomic E-state index is 12.9. The number of methoxy groups -OCH3 is 1. The van der Waals surface area contributed by atoms with E-state index in [1.807, 2.05) is 54.7 Å². The van der Waals surface area contributed by atoms with Crippen LogP contribution in [-0.4, -0.2) is 47.8 Å². The van der Waals surface area contributed by atoms with E-state index in [0.29, 0.717) is 23.4 Å². The van der Waals surface area contributed by atoms with E-state index in [2.05, 4.69) is 26.9 Å². The lowest BCUT2D eigenvalue weighted by Gasteiger charge is -2.36. The van der Waals surface area contributed by atoms with Gasteiger partial charge in [0.15, 0.2) is 0 Å². The quantitative estimate of drug-likeness (QED) is 0.488. The monoisotopic (exact) mass is 427 g/mol. The summed E-state index contributed by atoms with van der Waals surface area (Å²) in [5.74, 6) is 1.53. The maximum atomic E-state index is 12.9. The summed E-state index contributed by atoms with van der Waals surface area (Å²) in [5.41, 5.74) is 2.88. The number of nitrogens with zero attached hydrogens (tertiary/aromatic N) is 5. The van der Waals surface area contributed by atoms with Gasteiger partial charge in [-0.15, -0.1) is 0 Å². The Morgan fingerprint density at radius 3 is 2.34 bits per heavy atom. The van der Waals surface area contributed by atoms with Crippen molar-refractivity contribution in [1.29, 1.82) is 0 Å². The predicted molar refractivity (Wildman–Crippen MR) is 127 cm³/mol. The summed E-state index contributed by atoms with van der Waals surface area (Å²) >= 11 is 0. The molecule has 0 saturated carbocycles. The molecule has 2 aromatic carbocycles. The van der Waals surface area contributed by atoms with Crippen molar-refractivity contribution in [2.45, 2.75) is 6.54 Å². The number of hydrogen-bond donors (Lipinski definition) is 0. The highest BCUT2D eigenvalue weighted by atomic mass is 16.5. The van der Waals surface area contributed by atoms with Crippen molar-refractivity contribution in [2.24, 2.45) is 0 Å². The van der Waals surface area contributed by atoms with Crippen LogP contribution in [0.4, 0.5) is 11.6 Å². The third-order valence-electron chi connectivity index (χ3n) is 5.90. The molecule has 1 saturated heterocycles. The van der Waals surface area contributed by atoms with Crippen LogP contribution < -0.4 is 20.1 Å². The SMILES string of the molecule is COc1ccc(N2CCN(c3ncc4c(=O)n(Cc5ccccc5)ccc4n3)CC2)cc1. The second-order valence-corrected chi connectivity index (χ2v) is 7.88. The molecule has 7 heteroatoms. The van der Waals surface area contributed by atoms with Crippen LogP contribution in [0.25, 0.3) is 10.9 Å². The number of fused-ring (bicyclic) bond motifs is 1. The Bertz CT molecular complexity index is 1260. The van der Waals surface area contributed by atoms with Crippen molar-refractivity contribution >= 4 is 22.5 Å². The number of ether oxygens (including phenoxy) is 1. The van der Waals surface area contributed by atoms with Crippen LogP contribution in [0.3, 0.4) is 0 Å². The summed E-state index contributed by atoms with van der Waals surface area (Å²) in [4.78, 5) is 26.7. The van der Waals surface area contributed by atoms with Crippen LogP contribution in [0, 0.1) is 0 Å². The molecule has 3 heterocycles. The third kappa shape index (κ3) is 4.01. The Balaban J connectivity index is 1.31. The largest absolute Gasteiger partial charge is 0.497 e. The van der Waals surface area contributed by atoms with Gasteiger partial charge in [-0.05, 0) is 35.9 Å². The first-order valence-electron chi connectivity index (χ1n) is 10.8. The molecule has 0 spiro atoms. The zero-order valence-electron chi connectivity index (χ0n) is 18.0. The highest BCUT2D eigenvalue weighted by Crippen LogP contribution is 2.22. The molecule has 0 radical (unpaired) electrons. The molecule has 4 aromatic rings. The number of benzene rings is 2. The summed E-state index contributed by atoms with van der Waals surface area (Å²) in [5, 5.41) is 0.545. The molecule has 7 nitrogen and oxygen atoms in total. The molecule has 0 amide bonds. The molecular weight excluding hydrogens is 402 g/mol. The Kier molecular flexibility index (Phi) is 5.46. The molecule has 0 aliphatic carbocycles. The third-order valence-corrected chi connectivity index (χ3v) is 5.90. The Morgan fingerprint density at radius 2 is 1.62 bits per heavy atom. The van der Waals surface area contributed by atoms with Crippen molar-refractivity contribution in [3.05, 3.63) is 89.0 Å². The van der Waals surface area contributed by atoms with Crippen molar-refractivity contribution < 1.29 is 4.74 Å². The molecule has 0 N–H and O–H groups in total. The van der Waals surface area contributed by atoms with Gasteiger partial charge in [0.1, 0.15) is 5.75 Å². The van der Waals surface area contributed by atoms with Gasteiger partial charge >= 0.3 is 0 Å². The number of hydrogen-bond acceptors (Lipinski definition) is 6. The normalized spacial score (nSPS) is 14.0. The van der Waals surface area contributed by atoms with Gasteiger partial charge in [-0.3, -0.25) is 4.79 Å². The zero-order chi connectivity index (χ0) is 21.9. The standard InChI is InChI=1S/C25H25N5O2/c1-32-21-9-7-20(8-10-21)28-13-15-29(16-14-28)25-26-17-22-23(27-25)11-12-30(24(22)31)18-19-5-3-2-4-6-19/h2-12,17H,13-16,18H2,1H3. The second kappa shape index (κ2) is 8.70. The van der Waals surface area contributed by atoms with Crippen LogP contribution >= 0.6 is 0 Å². The molecule has 2 aromatic heterocycles. The first kappa shape index (κ1) is 20.1. The van der Waals surface area contributed by atoms with Gasteiger partial charge in [0.2, 0.25) is 5.95 Å². The lowest BCUT2D eigenvalue weighted by molar-refractivity contribution is 0.415. The second-order valence-electron chi connectivity index (χ2n) is 7.88. The summed E-state index contributed by atoms with van der Waals surface area (Å²) < 4.78 is 6.95. The molecule has 0 atom stereocenters. The predicted octanol–water partition coefficient (Wildman–Crippen LogP) is 3.18. The minimum atomic E-state index is -0.0674. The van der Waals surface area contributed by atoms with E-state index in [-0.39, 0.29) is 5.56 Å². The molecule has 5 rings (SSSR count). The van der Waals surface area contributed by atoms with Crippen LogP contribution in [0.15, 0.2) is 77.9 Å². The van der Waals surface area contributed by atoms with Crippen molar-refractivity contribution in [1.82, 2.24) is 14.5 Å². The van der Waals surface area contributed by atoms with E-state index in [0.717, 1.165) is 37.5 Å². The van der Waals surface area contributed by atoms with Gasteiger partial charge in [0.05, 0.1) is 24.6 Å². The molecule has 1 aliphatic rings. The van der Waals surface area contributed by atoms with Crippen molar-refractivity contribution in [3.63, 3.8) is 0 Å². The van der Waals surface area contributed by atoms with Gasteiger partial charge in [0, 0.05) is 44.3 Å². The van der Waals surface area contributed by atoms with Gasteiger partial charge in [-0.2, -0.15) is 0 Å². The fourth-order valence-electron chi connectivity index (χ4n) is 4.07. The fraction of sp³-hybridized carbons (Fsp3) is 0.240. The smallest absolute Gasteiger partial charge is 0.261 e. The van der Waals surface area contributed by atoms with Crippen LogP contribution in [-0.2, 0) is 6.54 Å². The molecule has 162 valence electrons. The lowest BCUT2D eigenvalue weighted by Crippen LogP contribution is -2.47. The van der Waals surface area contributed by atoms with Crippen molar-refractivity contribution in [3.8, 4) is 5.75 Å². The maximum Gasteiger partial charge on any atom is 0.261 e. The van der Waals surface area contributed by atoms with Gasteiger partial charge in [-0.25, -0.2) is 9.97 Å². The zero-order valence-corrected chi connectivity index (χ0v) is 18.0. The average molecular weight is 428 g/mol. The molecule has 1 fully saturated rings. The highest BCUT2D eigenvalue weighted by Gasteiger charge is 2.20. The minimum absolute atomic E-state index is 0.0674. The summed E-state index contributed by atoms with van der Waals surface area (Å²) in [6.07, 6.45) is 3.48. The first-order valence-corrected chi connectivity index (χ1v) is 10.8. The fourth-order valence-corrected chi connectivity index (χ4v) is 4.07. The van der Waals surface area contributed by atoms with E-state index in [4.69, 9.17) is 9.72 Å². The topological polar surface area (TPSA) is 63.5 Å².